The standard InChI is InChI=1S/C16H28O7/c1-15(2,3)14(18)22-10-12-7-11(19-4)8-16(21-6,23-12)9-13(17)20-5/h11-12H,7-10H2,1-6H3/t11-,12+,16-/m1/s1. The number of esters is 2. The summed E-state index contributed by atoms with van der Waals surface area (Å²) in [4.78, 5) is 23.5. The third-order valence-electron chi connectivity index (χ3n) is 3.81. The van der Waals surface area contributed by atoms with Gasteiger partial charge in [0.2, 0.25) is 0 Å². The number of hydrogen-bond donors (Lipinski definition) is 0. The molecule has 0 aromatic heterocycles. The molecule has 7 nitrogen and oxygen atoms in total. The van der Waals surface area contributed by atoms with Gasteiger partial charge in [-0.1, -0.05) is 0 Å². The first-order valence-electron chi connectivity index (χ1n) is 7.65. The molecule has 1 aliphatic rings. The third kappa shape index (κ3) is 5.75. The Morgan fingerprint density at radius 1 is 1.22 bits per heavy atom. The van der Waals surface area contributed by atoms with Crippen LogP contribution in [0.3, 0.4) is 0 Å². The molecule has 0 spiro atoms. The second kappa shape index (κ2) is 8.08. The normalized spacial score (nSPS) is 28.3. The highest BCUT2D eigenvalue weighted by Gasteiger charge is 2.44. The summed E-state index contributed by atoms with van der Waals surface area (Å²) in [5.41, 5.74) is -0.584. The Morgan fingerprint density at radius 3 is 2.35 bits per heavy atom. The van der Waals surface area contributed by atoms with Crippen molar-refractivity contribution in [3.05, 3.63) is 0 Å². The minimum absolute atomic E-state index is 0.0520. The maximum atomic E-state index is 11.9. The van der Waals surface area contributed by atoms with Crippen molar-refractivity contribution >= 4 is 11.9 Å². The van der Waals surface area contributed by atoms with E-state index in [1.54, 1.807) is 27.9 Å². The van der Waals surface area contributed by atoms with E-state index in [1.807, 2.05) is 0 Å². The van der Waals surface area contributed by atoms with Gasteiger partial charge in [0.25, 0.3) is 0 Å². The second-order valence-corrected chi connectivity index (χ2v) is 6.75. The molecule has 1 saturated heterocycles. The van der Waals surface area contributed by atoms with Crippen LogP contribution < -0.4 is 0 Å². The van der Waals surface area contributed by atoms with Crippen LogP contribution in [0.5, 0.6) is 0 Å². The number of methoxy groups -OCH3 is 3. The summed E-state index contributed by atoms with van der Waals surface area (Å²) in [7, 11) is 4.37. The van der Waals surface area contributed by atoms with Gasteiger partial charge < -0.3 is 23.7 Å². The molecule has 0 aliphatic carbocycles. The van der Waals surface area contributed by atoms with Crippen LogP contribution in [-0.2, 0) is 33.3 Å². The fourth-order valence-electron chi connectivity index (χ4n) is 2.40. The van der Waals surface area contributed by atoms with Crippen molar-refractivity contribution in [2.75, 3.05) is 27.9 Å². The van der Waals surface area contributed by atoms with Gasteiger partial charge in [0.05, 0.1) is 31.2 Å². The van der Waals surface area contributed by atoms with E-state index in [-0.39, 0.29) is 25.1 Å². The van der Waals surface area contributed by atoms with E-state index in [0.29, 0.717) is 12.8 Å². The van der Waals surface area contributed by atoms with Crippen molar-refractivity contribution in [2.45, 2.75) is 58.0 Å². The molecule has 0 unspecified atom stereocenters. The highest BCUT2D eigenvalue weighted by Crippen LogP contribution is 2.34. The van der Waals surface area contributed by atoms with Gasteiger partial charge in [-0.05, 0) is 20.8 Å². The number of rotatable bonds is 6. The van der Waals surface area contributed by atoms with Crippen LogP contribution in [0.15, 0.2) is 0 Å². The Labute approximate surface area is 137 Å². The number of hydrogen-bond acceptors (Lipinski definition) is 7. The van der Waals surface area contributed by atoms with Gasteiger partial charge in [-0.3, -0.25) is 9.59 Å². The molecule has 134 valence electrons. The third-order valence-corrected chi connectivity index (χ3v) is 3.81. The lowest BCUT2D eigenvalue weighted by molar-refractivity contribution is -0.294. The molecule has 1 aliphatic heterocycles. The van der Waals surface area contributed by atoms with E-state index in [2.05, 4.69) is 0 Å². The molecule has 0 N–H and O–H groups in total. The van der Waals surface area contributed by atoms with E-state index in [0.717, 1.165) is 0 Å². The van der Waals surface area contributed by atoms with Crippen molar-refractivity contribution in [2.24, 2.45) is 5.41 Å². The molecule has 1 fully saturated rings. The molecule has 0 radical (unpaired) electrons. The predicted molar refractivity (Wildman–Crippen MR) is 81.7 cm³/mol. The Morgan fingerprint density at radius 2 is 1.87 bits per heavy atom. The maximum absolute atomic E-state index is 11.9. The Hall–Kier alpha value is -1.18. The van der Waals surface area contributed by atoms with Gasteiger partial charge in [0, 0.05) is 27.1 Å². The lowest BCUT2D eigenvalue weighted by Crippen LogP contribution is -2.51. The topological polar surface area (TPSA) is 80.3 Å². The smallest absolute Gasteiger partial charge is 0.311 e. The first kappa shape index (κ1) is 19.9. The van der Waals surface area contributed by atoms with E-state index in [1.165, 1.54) is 14.2 Å². The number of carbonyl (C=O) groups excluding carboxylic acids is 2. The van der Waals surface area contributed by atoms with Crippen LogP contribution in [0, 0.1) is 5.41 Å². The van der Waals surface area contributed by atoms with Crippen LogP contribution in [-0.4, -0.2) is 57.9 Å². The molecule has 0 aromatic rings. The number of carbonyl (C=O) groups is 2. The second-order valence-electron chi connectivity index (χ2n) is 6.75. The van der Waals surface area contributed by atoms with Crippen molar-refractivity contribution in [3.63, 3.8) is 0 Å². The summed E-state index contributed by atoms with van der Waals surface area (Å²) in [6, 6.07) is 0. The number of ether oxygens (including phenoxy) is 5. The predicted octanol–water partition coefficient (Wildman–Crippen LogP) is 1.68. The summed E-state index contributed by atoms with van der Waals surface area (Å²) in [6.45, 7) is 5.44. The lowest BCUT2D eigenvalue weighted by Gasteiger charge is -2.42. The summed E-state index contributed by atoms with van der Waals surface area (Å²) < 4.78 is 26.8. The van der Waals surface area contributed by atoms with Crippen LogP contribution in [0.1, 0.15) is 40.0 Å². The molecule has 23 heavy (non-hydrogen) atoms. The van der Waals surface area contributed by atoms with Gasteiger partial charge in [-0.2, -0.15) is 0 Å². The minimum Gasteiger partial charge on any atom is -0.469 e. The monoisotopic (exact) mass is 332 g/mol. The Bertz CT molecular complexity index is 415. The van der Waals surface area contributed by atoms with Gasteiger partial charge >= 0.3 is 11.9 Å². The zero-order valence-electron chi connectivity index (χ0n) is 14.8. The molecular weight excluding hydrogens is 304 g/mol. The zero-order valence-corrected chi connectivity index (χ0v) is 14.8. The molecule has 1 heterocycles. The average molecular weight is 332 g/mol. The van der Waals surface area contributed by atoms with E-state index in [4.69, 9.17) is 23.7 Å². The Balaban J connectivity index is 2.76. The van der Waals surface area contributed by atoms with Crippen LogP contribution in [0.2, 0.25) is 0 Å². The summed E-state index contributed by atoms with van der Waals surface area (Å²) in [6.07, 6.45) is 0.332. The highest BCUT2D eigenvalue weighted by molar-refractivity contribution is 5.75. The van der Waals surface area contributed by atoms with Crippen LogP contribution >= 0.6 is 0 Å². The first-order valence-corrected chi connectivity index (χ1v) is 7.65. The summed E-state index contributed by atoms with van der Waals surface area (Å²) >= 11 is 0. The van der Waals surface area contributed by atoms with Gasteiger partial charge in [0.15, 0.2) is 5.79 Å². The average Bonchev–Trinajstić information content (AvgIpc) is 2.51. The van der Waals surface area contributed by atoms with Crippen LogP contribution in [0.25, 0.3) is 0 Å². The fraction of sp³-hybridized carbons (Fsp3) is 0.875. The Kier molecular flexibility index (Phi) is 6.98. The van der Waals surface area contributed by atoms with Gasteiger partial charge in [-0.25, -0.2) is 0 Å². The lowest BCUT2D eigenvalue weighted by atomic mass is 9.95. The SMILES string of the molecule is COC(=O)C[C@@]1(OC)C[C@H](OC)C[C@@H](COC(=O)C(C)(C)C)O1. The largest absolute Gasteiger partial charge is 0.469 e. The quantitative estimate of drug-likeness (QED) is 0.684. The molecule has 0 amide bonds. The van der Waals surface area contributed by atoms with Crippen molar-refractivity contribution in [3.8, 4) is 0 Å². The molecule has 3 atom stereocenters. The highest BCUT2D eigenvalue weighted by atomic mass is 16.7. The van der Waals surface area contributed by atoms with Crippen molar-refractivity contribution < 1.29 is 33.3 Å². The molecule has 1 rings (SSSR count). The van der Waals surface area contributed by atoms with Crippen LogP contribution in [0.4, 0.5) is 0 Å². The maximum Gasteiger partial charge on any atom is 0.311 e. The van der Waals surface area contributed by atoms with Gasteiger partial charge in [-0.15, -0.1) is 0 Å². The van der Waals surface area contributed by atoms with E-state index in [9.17, 15) is 9.59 Å². The minimum atomic E-state index is -1.13. The summed E-state index contributed by atoms with van der Waals surface area (Å²) in [5, 5.41) is 0. The van der Waals surface area contributed by atoms with E-state index >= 15 is 0 Å². The first-order chi connectivity index (χ1) is 10.7. The zero-order chi connectivity index (χ0) is 17.7. The fourth-order valence-corrected chi connectivity index (χ4v) is 2.40. The molecule has 0 aromatic carbocycles. The van der Waals surface area contributed by atoms with Gasteiger partial charge in [0.1, 0.15) is 6.61 Å². The molecule has 0 bridgehead atoms. The molecule has 7 heteroatoms. The molecule has 0 saturated carbocycles. The molecular formula is C16H28O7. The van der Waals surface area contributed by atoms with E-state index < -0.39 is 23.3 Å². The summed E-state index contributed by atoms with van der Waals surface area (Å²) in [5.74, 6) is -1.88. The van der Waals surface area contributed by atoms with Crippen molar-refractivity contribution in [1.29, 1.82) is 0 Å². The van der Waals surface area contributed by atoms with Crippen molar-refractivity contribution in [1.82, 2.24) is 0 Å².